The van der Waals surface area contributed by atoms with Crippen molar-refractivity contribution in [2.45, 2.75) is 44.4 Å². The molecule has 8 heteroatoms. The number of hydroxylamine groups is 6. The highest BCUT2D eigenvalue weighted by atomic mass is 16.6. The van der Waals surface area contributed by atoms with Gasteiger partial charge in [-0.2, -0.15) is 0 Å². The molecule has 2 unspecified atom stereocenters. The molecule has 0 bridgehead atoms. The van der Waals surface area contributed by atoms with E-state index in [4.69, 9.17) is 0 Å². The first-order chi connectivity index (χ1) is 20.8. The molecule has 0 radical (unpaired) electrons. The Balaban J connectivity index is 1.22. The summed E-state index contributed by atoms with van der Waals surface area (Å²) in [7, 11) is 0. The number of carbonyl (C=O) groups excluding carboxylic acids is 2. The van der Waals surface area contributed by atoms with E-state index >= 15 is 0 Å². The summed E-state index contributed by atoms with van der Waals surface area (Å²) < 4.78 is -1.49. The van der Waals surface area contributed by atoms with E-state index in [1.165, 1.54) is 0 Å². The van der Waals surface area contributed by atoms with Crippen molar-refractivity contribution in [1.29, 1.82) is 0 Å². The molecule has 2 heterocycles. The summed E-state index contributed by atoms with van der Waals surface area (Å²) in [6.45, 7) is 0.502. The van der Waals surface area contributed by atoms with Crippen molar-refractivity contribution in [2.24, 2.45) is 0 Å². The summed E-state index contributed by atoms with van der Waals surface area (Å²) in [6, 6.07) is 32.1. The van der Waals surface area contributed by atoms with E-state index in [0.29, 0.717) is 24.2 Å². The first-order valence-electron chi connectivity index (χ1n) is 14.8. The Morgan fingerprint density at radius 1 is 0.558 bits per heavy atom. The Morgan fingerprint density at radius 2 is 0.907 bits per heavy atom. The number of rotatable bonds is 8. The predicted molar refractivity (Wildman–Crippen MR) is 167 cm³/mol. The van der Waals surface area contributed by atoms with Crippen LogP contribution in [0, 0.1) is 10.4 Å². The third-order valence-corrected chi connectivity index (χ3v) is 8.84. The van der Waals surface area contributed by atoms with Crippen LogP contribution in [0.3, 0.4) is 0 Å². The minimum Gasteiger partial charge on any atom is -0.632 e. The van der Waals surface area contributed by atoms with E-state index in [1.807, 2.05) is 84.9 Å². The van der Waals surface area contributed by atoms with Gasteiger partial charge in [-0.05, 0) is 35.4 Å². The van der Waals surface area contributed by atoms with Gasteiger partial charge >= 0.3 is 0 Å². The molecule has 43 heavy (non-hydrogen) atoms. The lowest BCUT2D eigenvalue weighted by molar-refractivity contribution is -0.929. The van der Waals surface area contributed by atoms with E-state index in [-0.39, 0.29) is 44.4 Å². The van der Waals surface area contributed by atoms with Gasteiger partial charge in [0.1, 0.15) is 13.1 Å². The van der Waals surface area contributed by atoms with Gasteiger partial charge in [0.2, 0.25) is 0 Å². The Kier molecular flexibility index (Phi) is 8.10. The molecule has 0 spiro atoms. The summed E-state index contributed by atoms with van der Waals surface area (Å²) in [5.41, 5.74) is 5.14. The van der Waals surface area contributed by atoms with Crippen molar-refractivity contribution >= 4 is 23.2 Å². The lowest BCUT2D eigenvalue weighted by Gasteiger charge is -2.53. The van der Waals surface area contributed by atoms with Gasteiger partial charge in [-0.1, -0.05) is 84.9 Å². The Hall–Kier alpha value is -4.34. The standard InChI is InChI=1S/C35H36N4O4/c40-34(36-30-16-3-1-4-17-30)32-22-26-12-7-9-14-28(26)24-38(32,42)20-11-21-39(43)25-29-15-10-8-13-27(29)23-33(39)35(41)37-31-18-5-2-6-19-31/h1-10,12-19,32-33H,11,20-25H2,(H,36,40)(H,37,41)/t32-,33-,38?,39?/m0/s1. The maximum Gasteiger partial charge on any atom is 0.283 e. The molecule has 4 atom stereocenters. The quantitative estimate of drug-likeness (QED) is 0.213. The van der Waals surface area contributed by atoms with Gasteiger partial charge in [-0.3, -0.25) is 9.59 Å². The SMILES string of the molecule is O=C(Nc1ccccc1)[C@@H]1Cc2ccccc2C[N+]1([O-])CCC[N+]1([O-])Cc2ccccc2C[C@H]1C(=O)Nc1ccccc1. The number of hydrogen-bond acceptors (Lipinski definition) is 4. The number of anilines is 2. The minimum absolute atomic E-state index is 0.0954. The third kappa shape index (κ3) is 6.23. The average Bonchev–Trinajstić information content (AvgIpc) is 3.01. The smallest absolute Gasteiger partial charge is 0.283 e. The van der Waals surface area contributed by atoms with Gasteiger partial charge in [0.05, 0.1) is 13.1 Å². The predicted octanol–water partition coefficient (Wildman–Crippen LogP) is 5.53. The molecule has 4 aromatic rings. The summed E-state index contributed by atoms with van der Waals surface area (Å²) in [5, 5.41) is 34.9. The normalized spacial score (nSPS) is 24.3. The van der Waals surface area contributed by atoms with Gasteiger partial charge < -0.3 is 30.3 Å². The Labute approximate surface area is 251 Å². The minimum atomic E-state index is -0.852. The van der Waals surface area contributed by atoms with Crippen molar-refractivity contribution in [1.82, 2.24) is 0 Å². The topological polar surface area (TPSA) is 104 Å². The van der Waals surface area contributed by atoms with Crippen molar-refractivity contribution < 1.29 is 18.9 Å². The third-order valence-electron chi connectivity index (χ3n) is 8.84. The van der Waals surface area contributed by atoms with E-state index < -0.39 is 21.4 Å². The molecule has 8 nitrogen and oxygen atoms in total. The molecule has 0 saturated heterocycles. The summed E-state index contributed by atoms with van der Waals surface area (Å²) in [6.07, 6.45) is 0.929. The summed E-state index contributed by atoms with van der Waals surface area (Å²) in [5.74, 6) is -0.650. The number of quaternary nitrogens is 2. The van der Waals surface area contributed by atoms with Crippen LogP contribution in [0.15, 0.2) is 109 Å². The van der Waals surface area contributed by atoms with Crippen LogP contribution in [-0.2, 0) is 35.5 Å². The Bertz CT molecular complexity index is 1480. The fourth-order valence-electron chi connectivity index (χ4n) is 6.55. The molecule has 2 N–H and O–H groups in total. The second-order valence-corrected chi connectivity index (χ2v) is 11.7. The maximum absolute atomic E-state index is 14.5. The van der Waals surface area contributed by atoms with Gasteiger partial charge in [0.15, 0.2) is 12.1 Å². The lowest BCUT2D eigenvalue weighted by Crippen LogP contribution is -2.61. The molecule has 0 saturated carbocycles. The Morgan fingerprint density at radius 3 is 1.30 bits per heavy atom. The molecule has 6 rings (SSSR count). The lowest BCUT2D eigenvalue weighted by atomic mass is 9.91. The van der Waals surface area contributed by atoms with Crippen LogP contribution in [0.5, 0.6) is 0 Å². The fraction of sp³-hybridized carbons (Fsp3) is 0.257. The van der Waals surface area contributed by atoms with Crippen LogP contribution in [0.2, 0.25) is 0 Å². The highest BCUT2D eigenvalue weighted by Gasteiger charge is 2.43. The molecule has 0 fully saturated rings. The van der Waals surface area contributed by atoms with Crippen molar-refractivity contribution in [3.63, 3.8) is 0 Å². The zero-order valence-electron chi connectivity index (χ0n) is 24.0. The number of nitrogens with one attached hydrogen (secondary N) is 2. The van der Waals surface area contributed by atoms with E-state index in [0.717, 1.165) is 22.3 Å². The van der Waals surface area contributed by atoms with Gasteiger partial charge in [0.25, 0.3) is 11.8 Å². The van der Waals surface area contributed by atoms with Crippen LogP contribution in [-0.4, -0.2) is 46.3 Å². The molecule has 0 aromatic heterocycles. The molecule has 2 amide bonds. The maximum atomic E-state index is 14.5. The number of hydrogen-bond donors (Lipinski definition) is 2. The largest absolute Gasteiger partial charge is 0.632 e. The summed E-state index contributed by atoms with van der Waals surface area (Å²) in [4.78, 5) is 27.1. The van der Waals surface area contributed by atoms with Crippen LogP contribution >= 0.6 is 0 Å². The zero-order chi connectivity index (χ0) is 29.9. The molecular formula is C35H36N4O4. The molecule has 220 valence electrons. The monoisotopic (exact) mass is 576 g/mol. The number of nitrogens with zero attached hydrogens (tertiary/aromatic N) is 2. The first-order valence-corrected chi connectivity index (χ1v) is 14.8. The van der Waals surface area contributed by atoms with E-state index in [1.54, 1.807) is 24.3 Å². The summed E-state index contributed by atoms with van der Waals surface area (Å²) >= 11 is 0. The second-order valence-electron chi connectivity index (χ2n) is 11.7. The average molecular weight is 577 g/mol. The van der Waals surface area contributed by atoms with Gasteiger partial charge in [-0.25, -0.2) is 0 Å². The molecule has 0 aliphatic carbocycles. The highest BCUT2D eigenvalue weighted by molar-refractivity contribution is 5.95. The second kappa shape index (κ2) is 12.1. The van der Waals surface area contributed by atoms with Crippen LogP contribution < -0.4 is 10.6 Å². The molecular weight excluding hydrogens is 540 g/mol. The first kappa shape index (κ1) is 28.8. The number of amides is 2. The van der Waals surface area contributed by atoms with Gasteiger partial charge in [0, 0.05) is 41.8 Å². The van der Waals surface area contributed by atoms with Crippen molar-refractivity contribution in [3.05, 3.63) is 142 Å². The zero-order valence-corrected chi connectivity index (χ0v) is 24.0. The molecule has 4 aromatic carbocycles. The highest BCUT2D eigenvalue weighted by Crippen LogP contribution is 2.34. The molecule has 2 aliphatic heterocycles. The van der Waals surface area contributed by atoms with E-state index in [2.05, 4.69) is 10.6 Å². The number of benzene rings is 4. The van der Waals surface area contributed by atoms with Gasteiger partial charge in [-0.15, -0.1) is 0 Å². The van der Waals surface area contributed by atoms with Crippen LogP contribution in [0.4, 0.5) is 11.4 Å². The molecule has 2 aliphatic rings. The fourth-order valence-corrected chi connectivity index (χ4v) is 6.55. The number of carbonyl (C=O) groups is 2. The van der Waals surface area contributed by atoms with E-state index in [9.17, 15) is 20.0 Å². The van der Waals surface area contributed by atoms with Crippen molar-refractivity contribution in [3.8, 4) is 0 Å². The number of para-hydroxylation sites is 2. The number of fused-ring (bicyclic) bond motifs is 2. The van der Waals surface area contributed by atoms with Crippen LogP contribution in [0.25, 0.3) is 0 Å². The van der Waals surface area contributed by atoms with Crippen molar-refractivity contribution in [2.75, 3.05) is 23.7 Å². The van der Waals surface area contributed by atoms with Crippen LogP contribution in [0.1, 0.15) is 28.7 Å².